The van der Waals surface area contributed by atoms with Crippen molar-refractivity contribution in [3.05, 3.63) is 70.5 Å². The minimum Gasteiger partial charge on any atom is -0.337 e. The molecule has 0 radical (unpaired) electrons. The Balaban J connectivity index is 1.71. The van der Waals surface area contributed by atoms with Crippen LogP contribution in [0.5, 0.6) is 0 Å². The van der Waals surface area contributed by atoms with Gasteiger partial charge in [0, 0.05) is 31.7 Å². The van der Waals surface area contributed by atoms with E-state index >= 15 is 0 Å². The van der Waals surface area contributed by atoms with Crippen molar-refractivity contribution in [2.45, 2.75) is 20.3 Å². The number of carbonyl (C=O) groups is 2. The number of halogens is 1. The van der Waals surface area contributed by atoms with Gasteiger partial charge in [0.1, 0.15) is 5.82 Å². The summed E-state index contributed by atoms with van der Waals surface area (Å²) >= 11 is 0. The zero-order chi connectivity index (χ0) is 18.7. The average Bonchev–Trinajstić information content (AvgIpc) is 2.87. The molecular formula is C21H23FN2O2. The fourth-order valence-electron chi connectivity index (χ4n) is 3.35. The van der Waals surface area contributed by atoms with Crippen molar-refractivity contribution in [1.82, 2.24) is 9.80 Å². The molecule has 0 aromatic heterocycles. The van der Waals surface area contributed by atoms with E-state index in [4.69, 9.17) is 0 Å². The highest BCUT2D eigenvalue weighted by Crippen LogP contribution is 2.16. The Kier molecular flexibility index (Phi) is 5.35. The fraction of sp³-hybridized carbons (Fsp3) is 0.333. The van der Waals surface area contributed by atoms with Crippen molar-refractivity contribution in [3.63, 3.8) is 0 Å². The Morgan fingerprint density at radius 3 is 2.08 bits per heavy atom. The summed E-state index contributed by atoms with van der Waals surface area (Å²) in [4.78, 5) is 28.9. The van der Waals surface area contributed by atoms with Crippen LogP contribution in [0.15, 0.2) is 42.5 Å². The maximum atomic E-state index is 13.9. The smallest absolute Gasteiger partial charge is 0.256 e. The minimum absolute atomic E-state index is 0.0114. The summed E-state index contributed by atoms with van der Waals surface area (Å²) in [5.74, 6) is -0.837. The van der Waals surface area contributed by atoms with E-state index in [1.54, 1.807) is 21.9 Å². The highest BCUT2D eigenvalue weighted by Gasteiger charge is 2.25. The number of carbonyl (C=O) groups excluding carboxylic acids is 2. The van der Waals surface area contributed by atoms with Crippen molar-refractivity contribution in [2.24, 2.45) is 0 Å². The number of hydrogen-bond acceptors (Lipinski definition) is 2. The van der Waals surface area contributed by atoms with Crippen LogP contribution in [0.1, 0.15) is 38.3 Å². The van der Waals surface area contributed by atoms with Gasteiger partial charge in [0.25, 0.3) is 11.8 Å². The van der Waals surface area contributed by atoms with Crippen molar-refractivity contribution < 1.29 is 14.0 Å². The first kappa shape index (κ1) is 18.1. The van der Waals surface area contributed by atoms with E-state index in [0.29, 0.717) is 38.2 Å². The Morgan fingerprint density at radius 2 is 1.46 bits per heavy atom. The molecule has 2 aromatic carbocycles. The highest BCUT2D eigenvalue weighted by molar-refractivity contribution is 5.96. The summed E-state index contributed by atoms with van der Waals surface area (Å²) in [5.41, 5.74) is 2.86. The lowest BCUT2D eigenvalue weighted by Gasteiger charge is -2.23. The van der Waals surface area contributed by atoms with Crippen LogP contribution in [0, 0.1) is 19.7 Å². The molecule has 0 spiro atoms. The van der Waals surface area contributed by atoms with Gasteiger partial charge in [0.15, 0.2) is 0 Å². The Morgan fingerprint density at radius 1 is 0.846 bits per heavy atom. The van der Waals surface area contributed by atoms with Crippen LogP contribution in [0.3, 0.4) is 0 Å². The third-order valence-corrected chi connectivity index (χ3v) is 4.79. The summed E-state index contributed by atoms with van der Waals surface area (Å²) in [6.07, 6.45) is 0.677. The van der Waals surface area contributed by atoms with Gasteiger partial charge in [-0.2, -0.15) is 0 Å². The average molecular weight is 354 g/mol. The van der Waals surface area contributed by atoms with E-state index in [1.807, 2.05) is 32.0 Å². The molecule has 0 saturated carbocycles. The molecule has 5 heteroatoms. The second-order valence-corrected chi connectivity index (χ2v) is 6.74. The van der Waals surface area contributed by atoms with Crippen molar-refractivity contribution in [1.29, 1.82) is 0 Å². The molecule has 1 heterocycles. The predicted molar refractivity (Wildman–Crippen MR) is 98.7 cm³/mol. The summed E-state index contributed by atoms with van der Waals surface area (Å²) in [6, 6.07) is 11.8. The topological polar surface area (TPSA) is 40.6 Å². The first-order chi connectivity index (χ1) is 12.5. The van der Waals surface area contributed by atoms with Gasteiger partial charge in [0.05, 0.1) is 5.56 Å². The maximum Gasteiger partial charge on any atom is 0.256 e. The summed E-state index contributed by atoms with van der Waals surface area (Å²) in [7, 11) is 0. The predicted octanol–water partition coefficient (Wildman–Crippen LogP) is 3.43. The van der Waals surface area contributed by atoms with E-state index in [9.17, 15) is 14.0 Å². The third-order valence-electron chi connectivity index (χ3n) is 4.79. The molecule has 0 atom stereocenters. The molecule has 0 bridgehead atoms. The quantitative estimate of drug-likeness (QED) is 0.829. The van der Waals surface area contributed by atoms with E-state index in [2.05, 4.69) is 0 Å². The molecule has 0 aliphatic carbocycles. The van der Waals surface area contributed by atoms with Crippen LogP contribution in [0.2, 0.25) is 0 Å². The molecule has 1 saturated heterocycles. The monoisotopic (exact) mass is 354 g/mol. The van der Waals surface area contributed by atoms with Gasteiger partial charge in [-0.05, 0) is 44.0 Å². The van der Waals surface area contributed by atoms with Gasteiger partial charge in [0.2, 0.25) is 0 Å². The molecule has 2 aromatic rings. The number of amides is 2. The Bertz CT molecular complexity index is 835. The van der Waals surface area contributed by atoms with E-state index in [0.717, 1.165) is 11.1 Å². The van der Waals surface area contributed by atoms with Gasteiger partial charge in [-0.15, -0.1) is 0 Å². The lowest BCUT2D eigenvalue weighted by Crippen LogP contribution is -2.37. The SMILES string of the molecule is Cc1ccc(C(=O)N2CCCN(C(=O)c3ccccc3F)CC2)c(C)c1. The molecule has 2 amide bonds. The van der Waals surface area contributed by atoms with Crippen LogP contribution in [0.4, 0.5) is 4.39 Å². The summed E-state index contributed by atoms with van der Waals surface area (Å²) in [6.45, 7) is 5.90. The minimum atomic E-state index is -0.509. The van der Waals surface area contributed by atoms with E-state index < -0.39 is 5.82 Å². The summed E-state index contributed by atoms with van der Waals surface area (Å²) < 4.78 is 13.9. The number of benzene rings is 2. The molecular weight excluding hydrogens is 331 g/mol. The van der Waals surface area contributed by atoms with Crippen molar-refractivity contribution >= 4 is 11.8 Å². The van der Waals surface area contributed by atoms with Gasteiger partial charge < -0.3 is 9.80 Å². The van der Waals surface area contributed by atoms with Crippen molar-refractivity contribution in [2.75, 3.05) is 26.2 Å². The summed E-state index contributed by atoms with van der Waals surface area (Å²) in [5, 5.41) is 0. The number of nitrogens with zero attached hydrogens (tertiary/aromatic N) is 2. The second kappa shape index (κ2) is 7.68. The molecule has 0 unspecified atom stereocenters. The van der Waals surface area contributed by atoms with Crippen LogP contribution in [-0.2, 0) is 0 Å². The first-order valence-corrected chi connectivity index (χ1v) is 8.87. The van der Waals surface area contributed by atoms with E-state index in [-0.39, 0.29) is 17.4 Å². The number of hydrogen-bond donors (Lipinski definition) is 0. The molecule has 0 N–H and O–H groups in total. The van der Waals surface area contributed by atoms with Crippen LogP contribution < -0.4 is 0 Å². The van der Waals surface area contributed by atoms with Gasteiger partial charge in [-0.3, -0.25) is 9.59 Å². The van der Waals surface area contributed by atoms with Crippen LogP contribution in [-0.4, -0.2) is 47.8 Å². The van der Waals surface area contributed by atoms with Gasteiger partial charge >= 0.3 is 0 Å². The molecule has 136 valence electrons. The number of rotatable bonds is 2. The van der Waals surface area contributed by atoms with Crippen LogP contribution >= 0.6 is 0 Å². The maximum absolute atomic E-state index is 13.9. The molecule has 1 aliphatic heterocycles. The Labute approximate surface area is 153 Å². The lowest BCUT2D eigenvalue weighted by molar-refractivity contribution is 0.0715. The third kappa shape index (κ3) is 3.77. The number of aryl methyl sites for hydroxylation is 2. The van der Waals surface area contributed by atoms with Gasteiger partial charge in [-0.1, -0.05) is 29.8 Å². The largest absolute Gasteiger partial charge is 0.337 e. The second-order valence-electron chi connectivity index (χ2n) is 6.74. The van der Waals surface area contributed by atoms with Crippen molar-refractivity contribution in [3.8, 4) is 0 Å². The molecule has 1 fully saturated rings. The van der Waals surface area contributed by atoms with E-state index in [1.165, 1.54) is 12.1 Å². The first-order valence-electron chi connectivity index (χ1n) is 8.87. The highest BCUT2D eigenvalue weighted by atomic mass is 19.1. The Hall–Kier alpha value is -2.69. The zero-order valence-electron chi connectivity index (χ0n) is 15.2. The lowest BCUT2D eigenvalue weighted by atomic mass is 10.0. The zero-order valence-corrected chi connectivity index (χ0v) is 15.2. The van der Waals surface area contributed by atoms with Gasteiger partial charge in [-0.25, -0.2) is 4.39 Å². The normalized spacial score (nSPS) is 14.9. The standard InChI is InChI=1S/C21H23FN2O2/c1-15-8-9-17(16(2)14-15)20(25)23-10-5-11-24(13-12-23)21(26)18-6-3-4-7-19(18)22/h3-4,6-9,14H,5,10-13H2,1-2H3. The fourth-order valence-corrected chi connectivity index (χ4v) is 3.35. The molecule has 1 aliphatic rings. The molecule has 26 heavy (non-hydrogen) atoms. The molecule has 3 rings (SSSR count). The van der Waals surface area contributed by atoms with Crippen LogP contribution in [0.25, 0.3) is 0 Å². The molecule has 4 nitrogen and oxygen atoms in total.